The van der Waals surface area contributed by atoms with Gasteiger partial charge in [-0.25, -0.2) is 9.59 Å². The third-order valence-electron chi connectivity index (χ3n) is 5.70. The number of hydrogen-bond donors (Lipinski definition) is 4. The Kier molecular flexibility index (Phi) is 9.66. The fourth-order valence-corrected chi connectivity index (χ4v) is 3.85. The van der Waals surface area contributed by atoms with Gasteiger partial charge >= 0.3 is 12.0 Å². The van der Waals surface area contributed by atoms with Crippen molar-refractivity contribution in [1.82, 2.24) is 15.5 Å². The quantitative estimate of drug-likeness (QED) is 0.289. The van der Waals surface area contributed by atoms with E-state index >= 15 is 0 Å². The molecule has 9 heteroatoms. The highest BCUT2D eigenvalue weighted by atomic mass is 16.5. The number of amides is 2. The molecule has 2 aromatic carbocycles. The SMILES string of the molecule is C=C(CN1CCNCC1)C(CCCOc1ccccc1C#N)NC(=O)Nc1cccc(C(=O)O)c1. The number of nitriles is 1. The van der Waals surface area contributed by atoms with Crippen molar-refractivity contribution in [3.05, 3.63) is 71.8 Å². The number of carboxylic acid groups (broad SMARTS) is 1. The number of carbonyl (C=O) groups is 2. The molecule has 1 fully saturated rings. The minimum Gasteiger partial charge on any atom is -0.492 e. The van der Waals surface area contributed by atoms with Crippen LogP contribution in [0.25, 0.3) is 0 Å². The number of urea groups is 1. The van der Waals surface area contributed by atoms with Gasteiger partial charge in [0.05, 0.1) is 23.8 Å². The standard InChI is InChI=1S/C26H31N5O4/c1-19(18-31-13-11-28-12-14-31)23(9-5-15-35-24-10-3-2-6-21(24)17-27)30-26(34)29-22-8-4-7-20(16-22)25(32)33/h2-4,6-8,10,16,23,28H,1,5,9,11-15,18H2,(H,32,33)(H2,29,30,34). The molecule has 35 heavy (non-hydrogen) atoms. The summed E-state index contributed by atoms with van der Waals surface area (Å²) >= 11 is 0. The number of hydrogen-bond acceptors (Lipinski definition) is 6. The first-order chi connectivity index (χ1) is 17.0. The lowest BCUT2D eigenvalue weighted by molar-refractivity contribution is 0.0697. The average Bonchev–Trinajstić information content (AvgIpc) is 2.86. The summed E-state index contributed by atoms with van der Waals surface area (Å²) in [4.78, 5) is 26.2. The van der Waals surface area contributed by atoms with Crippen LogP contribution in [0.1, 0.15) is 28.8 Å². The molecule has 0 spiro atoms. The molecule has 2 amide bonds. The number of carbonyl (C=O) groups excluding carboxylic acids is 1. The molecule has 1 atom stereocenters. The predicted octanol–water partition coefficient (Wildman–Crippen LogP) is 3.07. The molecule has 4 N–H and O–H groups in total. The molecule has 0 bridgehead atoms. The van der Waals surface area contributed by atoms with Crippen LogP contribution in [0.3, 0.4) is 0 Å². The Hall–Kier alpha value is -3.87. The number of nitrogens with one attached hydrogen (secondary N) is 3. The van der Waals surface area contributed by atoms with Crippen LogP contribution in [0.2, 0.25) is 0 Å². The summed E-state index contributed by atoms with van der Waals surface area (Å²) < 4.78 is 5.79. The fourth-order valence-electron chi connectivity index (χ4n) is 3.85. The molecule has 3 rings (SSSR count). The second-order valence-corrected chi connectivity index (χ2v) is 8.32. The minimum absolute atomic E-state index is 0.0947. The zero-order chi connectivity index (χ0) is 25.0. The number of ether oxygens (including phenoxy) is 1. The number of benzene rings is 2. The van der Waals surface area contributed by atoms with E-state index in [-0.39, 0.29) is 11.6 Å². The minimum atomic E-state index is -1.06. The molecule has 184 valence electrons. The Morgan fingerprint density at radius 1 is 1.20 bits per heavy atom. The zero-order valence-corrected chi connectivity index (χ0v) is 19.6. The van der Waals surface area contributed by atoms with Crippen LogP contribution in [0, 0.1) is 11.3 Å². The van der Waals surface area contributed by atoms with Gasteiger partial charge in [-0.2, -0.15) is 5.26 Å². The second kappa shape index (κ2) is 13.1. The molecule has 0 aromatic heterocycles. The lowest BCUT2D eigenvalue weighted by atomic mass is 10.0. The summed E-state index contributed by atoms with van der Waals surface area (Å²) in [6.45, 7) is 8.95. The van der Waals surface area contributed by atoms with Gasteiger partial charge in [-0.1, -0.05) is 24.8 Å². The first-order valence-electron chi connectivity index (χ1n) is 11.6. The van der Waals surface area contributed by atoms with Crippen molar-refractivity contribution in [2.24, 2.45) is 0 Å². The van der Waals surface area contributed by atoms with E-state index in [1.807, 2.05) is 6.07 Å². The number of nitrogens with zero attached hydrogens (tertiary/aromatic N) is 2. The fraction of sp³-hybridized carbons (Fsp3) is 0.346. The van der Waals surface area contributed by atoms with Crippen molar-refractivity contribution in [2.45, 2.75) is 18.9 Å². The highest BCUT2D eigenvalue weighted by Gasteiger charge is 2.19. The maximum atomic E-state index is 12.7. The normalized spacial score (nSPS) is 14.4. The molecule has 0 saturated carbocycles. The van der Waals surface area contributed by atoms with Crippen LogP contribution >= 0.6 is 0 Å². The summed E-state index contributed by atoms with van der Waals surface area (Å²) in [5, 5.41) is 27.4. The number of carboxylic acids is 1. The lowest BCUT2D eigenvalue weighted by Crippen LogP contribution is -2.47. The Morgan fingerprint density at radius 3 is 2.71 bits per heavy atom. The number of aromatic carboxylic acids is 1. The number of anilines is 1. The van der Waals surface area contributed by atoms with Gasteiger partial charge < -0.3 is 25.8 Å². The van der Waals surface area contributed by atoms with Gasteiger partial charge in [0, 0.05) is 38.4 Å². The van der Waals surface area contributed by atoms with Crippen molar-refractivity contribution in [2.75, 3.05) is 44.6 Å². The second-order valence-electron chi connectivity index (χ2n) is 8.32. The summed E-state index contributed by atoms with van der Waals surface area (Å²) in [6.07, 6.45) is 1.24. The van der Waals surface area contributed by atoms with Crippen molar-refractivity contribution in [1.29, 1.82) is 5.26 Å². The van der Waals surface area contributed by atoms with Crippen LogP contribution in [-0.4, -0.2) is 67.4 Å². The van der Waals surface area contributed by atoms with Gasteiger partial charge in [0.1, 0.15) is 11.8 Å². The zero-order valence-electron chi connectivity index (χ0n) is 19.6. The van der Waals surface area contributed by atoms with Crippen molar-refractivity contribution < 1.29 is 19.4 Å². The van der Waals surface area contributed by atoms with Crippen molar-refractivity contribution >= 4 is 17.7 Å². The van der Waals surface area contributed by atoms with Crippen LogP contribution < -0.4 is 20.7 Å². The summed E-state index contributed by atoms with van der Waals surface area (Å²) in [7, 11) is 0. The van der Waals surface area contributed by atoms with Crippen LogP contribution in [0.5, 0.6) is 5.75 Å². The smallest absolute Gasteiger partial charge is 0.335 e. The highest BCUT2D eigenvalue weighted by molar-refractivity contribution is 5.93. The van der Waals surface area contributed by atoms with Crippen LogP contribution in [0.15, 0.2) is 60.7 Å². The number of para-hydroxylation sites is 1. The van der Waals surface area contributed by atoms with Gasteiger partial charge in [0.15, 0.2) is 0 Å². The van der Waals surface area contributed by atoms with E-state index in [2.05, 4.69) is 33.5 Å². The maximum absolute atomic E-state index is 12.7. The molecule has 1 aliphatic rings. The third kappa shape index (κ3) is 8.14. The van der Waals surface area contributed by atoms with Gasteiger partial charge in [0.2, 0.25) is 0 Å². The molecule has 2 aromatic rings. The predicted molar refractivity (Wildman–Crippen MR) is 134 cm³/mol. The van der Waals surface area contributed by atoms with E-state index in [4.69, 9.17) is 4.74 Å². The van der Waals surface area contributed by atoms with E-state index < -0.39 is 12.0 Å². The van der Waals surface area contributed by atoms with E-state index in [0.717, 1.165) is 31.8 Å². The van der Waals surface area contributed by atoms with Gasteiger partial charge in [-0.15, -0.1) is 0 Å². The maximum Gasteiger partial charge on any atom is 0.335 e. The Balaban J connectivity index is 1.59. The van der Waals surface area contributed by atoms with E-state index in [1.54, 1.807) is 30.3 Å². The molecule has 9 nitrogen and oxygen atoms in total. The van der Waals surface area contributed by atoms with Gasteiger partial charge in [-0.05, 0) is 48.7 Å². The van der Waals surface area contributed by atoms with Crippen LogP contribution in [-0.2, 0) is 0 Å². The Morgan fingerprint density at radius 2 is 1.97 bits per heavy atom. The number of piperazine rings is 1. The molecular weight excluding hydrogens is 446 g/mol. The van der Waals surface area contributed by atoms with E-state index in [0.29, 0.717) is 43.0 Å². The first kappa shape index (κ1) is 25.7. The molecule has 1 saturated heterocycles. The molecule has 0 radical (unpaired) electrons. The molecule has 0 aliphatic carbocycles. The highest BCUT2D eigenvalue weighted by Crippen LogP contribution is 2.18. The van der Waals surface area contributed by atoms with E-state index in [1.165, 1.54) is 12.1 Å². The summed E-state index contributed by atoms with van der Waals surface area (Å²) in [6, 6.07) is 14.5. The van der Waals surface area contributed by atoms with Gasteiger partial charge in [-0.3, -0.25) is 4.90 Å². The molecule has 1 heterocycles. The Bertz CT molecular complexity index is 1080. The van der Waals surface area contributed by atoms with E-state index in [9.17, 15) is 20.0 Å². The largest absolute Gasteiger partial charge is 0.492 e. The molecular formula is C26H31N5O4. The van der Waals surface area contributed by atoms with Gasteiger partial charge in [0.25, 0.3) is 0 Å². The van der Waals surface area contributed by atoms with Crippen LogP contribution in [0.4, 0.5) is 10.5 Å². The molecule has 1 unspecified atom stereocenters. The summed E-state index contributed by atoms with van der Waals surface area (Å²) in [5.74, 6) is -0.524. The third-order valence-corrected chi connectivity index (χ3v) is 5.70. The lowest BCUT2D eigenvalue weighted by Gasteiger charge is -2.30. The van der Waals surface area contributed by atoms with Crippen molar-refractivity contribution in [3.63, 3.8) is 0 Å². The topological polar surface area (TPSA) is 127 Å². The van der Waals surface area contributed by atoms with Crippen molar-refractivity contribution in [3.8, 4) is 11.8 Å². The monoisotopic (exact) mass is 477 g/mol. The summed E-state index contributed by atoms with van der Waals surface area (Å²) in [5.41, 5.74) is 1.86. The Labute approximate surface area is 205 Å². The first-order valence-corrected chi connectivity index (χ1v) is 11.6. The molecule has 1 aliphatic heterocycles. The number of rotatable bonds is 11. The average molecular weight is 478 g/mol.